The third-order valence-electron chi connectivity index (χ3n) is 9.67. The summed E-state index contributed by atoms with van der Waals surface area (Å²) < 4.78 is 0. The SMILES string of the molecule is CCCCCCCCCCC/C=C\C/C=C\CCCCCCCCCCCCCCCCC(O)C(=O)NC(CO)C(O)C(O)CCCC. The normalized spacial score (nSPS) is 14.5. The van der Waals surface area contributed by atoms with E-state index in [-0.39, 0.29) is 0 Å². The van der Waals surface area contributed by atoms with Gasteiger partial charge in [0, 0.05) is 0 Å². The lowest BCUT2D eigenvalue weighted by atomic mass is 10.0. The predicted molar refractivity (Wildman–Crippen MR) is 205 cm³/mol. The minimum atomic E-state index is -1.25. The molecule has 0 bridgehead atoms. The van der Waals surface area contributed by atoms with Gasteiger partial charge in [0.05, 0.1) is 18.8 Å². The number of amides is 1. The summed E-state index contributed by atoms with van der Waals surface area (Å²) in [6.07, 6.45) is 42.0. The van der Waals surface area contributed by atoms with Gasteiger partial charge in [0.1, 0.15) is 12.2 Å². The van der Waals surface area contributed by atoms with E-state index >= 15 is 0 Å². The zero-order valence-electron chi connectivity index (χ0n) is 31.7. The number of carbonyl (C=O) groups excluding carboxylic acids is 1. The minimum Gasteiger partial charge on any atom is -0.394 e. The number of aliphatic hydroxyl groups is 4. The monoisotopic (exact) mass is 680 g/mol. The molecule has 0 aromatic heterocycles. The van der Waals surface area contributed by atoms with Crippen molar-refractivity contribution in [3.8, 4) is 0 Å². The van der Waals surface area contributed by atoms with Crippen molar-refractivity contribution in [1.29, 1.82) is 0 Å². The van der Waals surface area contributed by atoms with Crippen LogP contribution in [0.4, 0.5) is 0 Å². The van der Waals surface area contributed by atoms with Gasteiger partial charge in [-0.2, -0.15) is 0 Å². The molecule has 0 heterocycles. The van der Waals surface area contributed by atoms with E-state index in [4.69, 9.17) is 0 Å². The second-order valence-corrected chi connectivity index (χ2v) is 14.3. The summed E-state index contributed by atoms with van der Waals surface area (Å²) in [7, 11) is 0. The van der Waals surface area contributed by atoms with Crippen molar-refractivity contribution < 1.29 is 25.2 Å². The first-order chi connectivity index (χ1) is 23.5. The van der Waals surface area contributed by atoms with Crippen molar-refractivity contribution in [3.05, 3.63) is 24.3 Å². The van der Waals surface area contributed by atoms with Gasteiger partial charge in [0.15, 0.2) is 0 Å². The van der Waals surface area contributed by atoms with E-state index in [2.05, 4.69) is 36.5 Å². The number of aliphatic hydroxyl groups excluding tert-OH is 4. The number of hydrogen-bond acceptors (Lipinski definition) is 5. The highest BCUT2D eigenvalue weighted by molar-refractivity contribution is 5.80. The molecule has 0 rings (SSSR count). The first kappa shape index (κ1) is 46.8. The van der Waals surface area contributed by atoms with E-state index in [0.717, 1.165) is 38.5 Å². The minimum absolute atomic E-state index is 0.367. The number of nitrogens with one attached hydrogen (secondary N) is 1. The van der Waals surface area contributed by atoms with Crippen LogP contribution in [0.5, 0.6) is 0 Å². The van der Waals surface area contributed by atoms with Crippen molar-refractivity contribution in [3.63, 3.8) is 0 Å². The van der Waals surface area contributed by atoms with Crippen molar-refractivity contribution in [2.75, 3.05) is 6.61 Å². The molecule has 4 unspecified atom stereocenters. The third kappa shape index (κ3) is 30.8. The van der Waals surface area contributed by atoms with Crippen LogP contribution >= 0.6 is 0 Å². The lowest BCUT2D eigenvalue weighted by Crippen LogP contribution is -2.53. The van der Waals surface area contributed by atoms with Crippen LogP contribution in [0.2, 0.25) is 0 Å². The van der Waals surface area contributed by atoms with E-state index in [1.165, 1.54) is 141 Å². The fourth-order valence-corrected chi connectivity index (χ4v) is 6.30. The Morgan fingerprint density at radius 1 is 0.521 bits per heavy atom. The molecule has 0 aromatic carbocycles. The second-order valence-electron chi connectivity index (χ2n) is 14.3. The van der Waals surface area contributed by atoms with E-state index in [0.29, 0.717) is 12.8 Å². The Bertz CT molecular complexity index is 727. The largest absolute Gasteiger partial charge is 0.394 e. The first-order valence-electron chi connectivity index (χ1n) is 20.7. The Morgan fingerprint density at radius 2 is 0.917 bits per heavy atom. The molecule has 0 aromatic rings. The van der Waals surface area contributed by atoms with Gasteiger partial charge in [0.2, 0.25) is 5.91 Å². The molecule has 0 fully saturated rings. The molecule has 1 amide bonds. The van der Waals surface area contributed by atoms with Crippen LogP contribution in [0.25, 0.3) is 0 Å². The van der Waals surface area contributed by atoms with Gasteiger partial charge in [0.25, 0.3) is 0 Å². The summed E-state index contributed by atoms with van der Waals surface area (Å²) in [5, 5.41) is 42.5. The topological polar surface area (TPSA) is 110 Å². The average molecular weight is 680 g/mol. The van der Waals surface area contributed by atoms with E-state index in [1.54, 1.807) is 0 Å². The van der Waals surface area contributed by atoms with Crippen LogP contribution in [-0.2, 0) is 4.79 Å². The molecule has 6 heteroatoms. The van der Waals surface area contributed by atoms with Gasteiger partial charge in [-0.05, 0) is 44.9 Å². The molecular weight excluding hydrogens is 598 g/mol. The van der Waals surface area contributed by atoms with Crippen molar-refractivity contribution in [2.24, 2.45) is 0 Å². The highest BCUT2D eigenvalue weighted by atomic mass is 16.3. The van der Waals surface area contributed by atoms with Crippen LogP contribution in [0.15, 0.2) is 24.3 Å². The Hall–Kier alpha value is -1.21. The molecule has 4 atom stereocenters. The fraction of sp³-hybridized carbons (Fsp3) is 0.881. The molecule has 0 aliphatic rings. The molecular formula is C42H81NO5. The van der Waals surface area contributed by atoms with Crippen molar-refractivity contribution in [2.45, 2.75) is 231 Å². The van der Waals surface area contributed by atoms with Gasteiger partial charge >= 0.3 is 0 Å². The molecule has 5 N–H and O–H groups in total. The Kier molecular flexibility index (Phi) is 36.1. The van der Waals surface area contributed by atoms with Crippen molar-refractivity contribution in [1.82, 2.24) is 5.32 Å². The summed E-state index contributed by atoms with van der Waals surface area (Å²) in [5.41, 5.74) is 0. The zero-order chi connectivity index (χ0) is 35.3. The van der Waals surface area contributed by atoms with E-state index in [9.17, 15) is 25.2 Å². The Morgan fingerprint density at radius 3 is 1.33 bits per heavy atom. The maximum absolute atomic E-state index is 12.3. The number of rotatable bonds is 37. The van der Waals surface area contributed by atoms with Crippen LogP contribution in [0.1, 0.15) is 206 Å². The smallest absolute Gasteiger partial charge is 0.249 e. The fourth-order valence-electron chi connectivity index (χ4n) is 6.30. The lowest BCUT2D eigenvalue weighted by molar-refractivity contribution is -0.132. The van der Waals surface area contributed by atoms with Crippen molar-refractivity contribution >= 4 is 5.91 Å². The van der Waals surface area contributed by atoms with Gasteiger partial charge in [-0.1, -0.05) is 186 Å². The van der Waals surface area contributed by atoms with Crippen LogP contribution in [-0.4, -0.2) is 57.3 Å². The molecule has 48 heavy (non-hydrogen) atoms. The van der Waals surface area contributed by atoms with Crippen LogP contribution in [0.3, 0.4) is 0 Å². The number of carbonyl (C=O) groups is 1. The molecule has 0 aliphatic heterocycles. The zero-order valence-corrected chi connectivity index (χ0v) is 31.7. The molecule has 0 radical (unpaired) electrons. The highest BCUT2D eigenvalue weighted by Gasteiger charge is 2.28. The Labute approximate surface area is 297 Å². The highest BCUT2D eigenvalue weighted by Crippen LogP contribution is 2.15. The molecule has 0 saturated carbocycles. The maximum atomic E-state index is 12.3. The lowest BCUT2D eigenvalue weighted by Gasteiger charge is -2.27. The first-order valence-corrected chi connectivity index (χ1v) is 20.7. The van der Waals surface area contributed by atoms with Crippen LogP contribution < -0.4 is 5.32 Å². The molecule has 0 saturated heterocycles. The molecule has 0 spiro atoms. The van der Waals surface area contributed by atoms with E-state index < -0.39 is 36.9 Å². The molecule has 0 aliphatic carbocycles. The number of allylic oxidation sites excluding steroid dienone is 4. The third-order valence-corrected chi connectivity index (χ3v) is 9.67. The summed E-state index contributed by atoms with van der Waals surface area (Å²) in [6.45, 7) is 3.79. The van der Waals surface area contributed by atoms with Gasteiger partial charge < -0.3 is 25.7 Å². The molecule has 284 valence electrons. The maximum Gasteiger partial charge on any atom is 0.249 e. The Balaban J connectivity index is 3.47. The summed E-state index contributed by atoms with van der Waals surface area (Å²) in [4.78, 5) is 12.3. The number of unbranched alkanes of at least 4 members (excludes halogenated alkanes) is 24. The summed E-state index contributed by atoms with van der Waals surface area (Å²) >= 11 is 0. The summed E-state index contributed by atoms with van der Waals surface area (Å²) in [5.74, 6) is -0.596. The summed E-state index contributed by atoms with van der Waals surface area (Å²) in [6, 6.07) is -0.978. The van der Waals surface area contributed by atoms with Gasteiger partial charge in [-0.25, -0.2) is 0 Å². The predicted octanol–water partition coefficient (Wildman–Crippen LogP) is 10.4. The van der Waals surface area contributed by atoms with Crippen LogP contribution in [0, 0.1) is 0 Å². The van der Waals surface area contributed by atoms with E-state index in [1.807, 2.05) is 6.92 Å². The number of hydrogen-bond donors (Lipinski definition) is 5. The van der Waals surface area contributed by atoms with Gasteiger partial charge in [-0.15, -0.1) is 0 Å². The second kappa shape index (κ2) is 37.1. The average Bonchev–Trinajstić information content (AvgIpc) is 3.09. The molecule has 6 nitrogen and oxygen atoms in total. The quantitative estimate of drug-likeness (QED) is 0.0332. The van der Waals surface area contributed by atoms with Gasteiger partial charge in [-0.3, -0.25) is 4.79 Å². The standard InChI is InChI=1S/C42H81NO5/c1-3-5-7-8-9-10-11-12-13-14-15-16-17-18-19-20-21-22-23-24-25-26-27-28-29-30-31-32-33-34-36-40(46)42(48)43-38(37-44)41(47)39(45)35-6-4-2/h15-16,18-19,38-41,44-47H,3-14,17,20-37H2,1-2H3,(H,43,48)/b16-15-,19-18-.